The molecule has 3 atom stereocenters. The summed E-state index contributed by atoms with van der Waals surface area (Å²) in [4.78, 5) is 41.5. The maximum absolute atomic E-state index is 12.6. The number of nitrogen functional groups attached to an aromatic ring is 1. The summed E-state index contributed by atoms with van der Waals surface area (Å²) in [6.07, 6.45) is 1.65. The normalized spacial score (nSPS) is 19.2. The number of aromatic nitrogens is 1. The van der Waals surface area contributed by atoms with Gasteiger partial charge in [-0.05, 0) is 48.7 Å². The van der Waals surface area contributed by atoms with Crippen molar-refractivity contribution in [2.45, 2.75) is 25.4 Å². The molecule has 1 aliphatic rings. The first-order valence-electron chi connectivity index (χ1n) is 9.02. The number of carboxylic acid groups (broad SMARTS) is 1. The highest BCUT2D eigenvalue weighted by molar-refractivity contribution is 6.07. The predicted octanol–water partition coefficient (Wildman–Crippen LogP) is 1.60. The molecule has 2 aromatic rings. The molecule has 1 saturated heterocycles. The van der Waals surface area contributed by atoms with E-state index in [1.165, 1.54) is 13.3 Å². The SMILES string of the molecule is COc1cccc(C(C)NC(=O)N2C(=O)C(Cc3ccnc(N)c3)C2C(=O)O)c1. The Morgan fingerprint density at radius 3 is 2.76 bits per heavy atom. The molecule has 0 aliphatic carbocycles. The van der Waals surface area contributed by atoms with E-state index < -0.39 is 35.9 Å². The summed E-state index contributed by atoms with van der Waals surface area (Å²) in [6.45, 7) is 1.74. The number of nitrogens with zero attached hydrogens (tertiary/aromatic N) is 2. The number of benzene rings is 1. The summed E-state index contributed by atoms with van der Waals surface area (Å²) >= 11 is 0. The first-order chi connectivity index (χ1) is 13.8. The van der Waals surface area contributed by atoms with Gasteiger partial charge in [-0.25, -0.2) is 19.5 Å². The number of amides is 3. The molecule has 1 fully saturated rings. The lowest BCUT2D eigenvalue weighted by atomic mass is 9.82. The lowest BCUT2D eigenvalue weighted by molar-refractivity contribution is -0.165. The van der Waals surface area contributed by atoms with Crippen LogP contribution in [0.3, 0.4) is 0 Å². The van der Waals surface area contributed by atoms with Crippen LogP contribution in [-0.2, 0) is 16.0 Å². The minimum absolute atomic E-state index is 0.164. The van der Waals surface area contributed by atoms with Gasteiger partial charge in [0.2, 0.25) is 5.91 Å². The van der Waals surface area contributed by atoms with Gasteiger partial charge in [0.05, 0.1) is 19.1 Å². The Morgan fingerprint density at radius 1 is 1.34 bits per heavy atom. The first-order valence-corrected chi connectivity index (χ1v) is 9.02. The number of rotatable bonds is 6. The second-order valence-electron chi connectivity index (χ2n) is 6.84. The summed E-state index contributed by atoms with van der Waals surface area (Å²) < 4.78 is 5.17. The average molecular weight is 398 g/mol. The highest BCUT2D eigenvalue weighted by atomic mass is 16.5. The van der Waals surface area contributed by atoms with Crippen LogP contribution < -0.4 is 15.8 Å². The van der Waals surface area contributed by atoms with Gasteiger partial charge in [-0.2, -0.15) is 0 Å². The molecule has 3 rings (SSSR count). The molecule has 9 nitrogen and oxygen atoms in total. The van der Waals surface area contributed by atoms with Crippen LogP contribution in [0.4, 0.5) is 10.6 Å². The average Bonchev–Trinajstić information content (AvgIpc) is 2.69. The van der Waals surface area contributed by atoms with Crippen LogP contribution in [0.1, 0.15) is 24.1 Å². The Bertz CT molecular complexity index is 948. The molecule has 2 heterocycles. The number of nitrogens with one attached hydrogen (secondary N) is 1. The number of nitrogens with two attached hydrogens (primary N) is 1. The Hall–Kier alpha value is -3.62. The molecule has 0 saturated carbocycles. The van der Waals surface area contributed by atoms with Crippen LogP contribution in [0.25, 0.3) is 0 Å². The highest BCUT2D eigenvalue weighted by Crippen LogP contribution is 2.31. The Balaban J connectivity index is 1.71. The number of carbonyl (C=O) groups excluding carboxylic acids is 2. The summed E-state index contributed by atoms with van der Waals surface area (Å²) in [5.74, 6) is -1.71. The van der Waals surface area contributed by atoms with Crippen molar-refractivity contribution in [3.05, 3.63) is 53.7 Å². The molecule has 29 heavy (non-hydrogen) atoms. The number of methoxy groups -OCH3 is 1. The number of imide groups is 1. The molecule has 1 aromatic carbocycles. The number of carbonyl (C=O) groups is 3. The number of β-lactam (4-membered cyclic amide) rings is 1. The molecular formula is C20H22N4O5. The lowest BCUT2D eigenvalue weighted by Crippen LogP contribution is -2.68. The Kier molecular flexibility index (Phi) is 5.67. The van der Waals surface area contributed by atoms with Crippen LogP contribution in [0.2, 0.25) is 0 Å². The number of urea groups is 1. The topological polar surface area (TPSA) is 135 Å². The van der Waals surface area contributed by atoms with Crippen molar-refractivity contribution < 1.29 is 24.2 Å². The molecule has 9 heteroatoms. The van der Waals surface area contributed by atoms with Gasteiger partial charge < -0.3 is 20.9 Å². The number of anilines is 1. The second kappa shape index (κ2) is 8.17. The number of carboxylic acids is 1. The van der Waals surface area contributed by atoms with Crippen molar-refractivity contribution in [1.82, 2.24) is 15.2 Å². The van der Waals surface area contributed by atoms with Gasteiger partial charge in [0, 0.05) is 6.20 Å². The van der Waals surface area contributed by atoms with E-state index in [9.17, 15) is 19.5 Å². The largest absolute Gasteiger partial charge is 0.497 e. The zero-order valence-electron chi connectivity index (χ0n) is 16.0. The Morgan fingerprint density at radius 2 is 2.10 bits per heavy atom. The van der Waals surface area contributed by atoms with E-state index in [1.54, 1.807) is 43.3 Å². The number of likely N-dealkylation sites (tertiary alicyclic amines) is 1. The van der Waals surface area contributed by atoms with Crippen molar-refractivity contribution in [2.24, 2.45) is 5.92 Å². The number of ether oxygens (including phenoxy) is 1. The smallest absolute Gasteiger partial charge is 0.327 e. The number of hydrogen-bond acceptors (Lipinski definition) is 6. The first kappa shape index (κ1) is 20.1. The maximum atomic E-state index is 12.6. The highest BCUT2D eigenvalue weighted by Gasteiger charge is 2.54. The van der Waals surface area contributed by atoms with E-state index in [-0.39, 0.29) is 12.2 Å². The van der Waals surface area contributed by atoms with Gasteiger partial charge in [-0.3, -0.25) is 4.79 Å². The number of aliphatic carboxylic acids is 1. The third-order valence-electron chi connectivity index (χ3n) is 4.92. The fourth-order valence-corrected chi connectivity index (χ4v) is 3.38. The van der Waals surface area contributed by atoms with E-state index in [0.29, 0.717) is 11.3 Å². The molecule has 4 N–H and O–H groups in total. The molecule has 1 aromatic heterocycles. The van der Waals surface area contributed by atoms with Gasteiger partial charge in [0.1, 0.15) is 11.6 Å². The van der Waals surface area contributed by atoms with Crippen molar-refractivity contribution >= 4 is 23.7 Å². The lowest BCUT2D eigenvalue weighted by Gasteiger charge is -2.43. The predicted molar refractivity (Wildman–Crippen MR) is 104 cm³/mol. The summed E-state index contributed by atoms with van der Waals surface area (Å²) in [7, 11) is 1.54. The van der Waals surface area contributed by atoms with Gasteiger partial charge in [-0.1, -0.05) is 12.1 Å². The standard InChI is InChI=1S/C20H22N4O5/c1-11(13-4-3-5-14(10-13)29-2)23-20(28)24-17(19(26)27)15(18(24)25)8-12-6-7-22-16(21)9-12/h3-7,9-11,15,17H,8H2,1-2H3,(H2,21,22)(H,23,28)(H,26,27). The molecule has 0 bridgehead atoms. The third-order valence-corrected chi connectivity index (χ3v) is 4.92. The van der Waals surface area contributed by atoms with Gasteiger partial charge in [0.25, 0.3) is 0 Å². The molecule has 0 spiro atoms. The molecule has 0 radical (unpaired) electrons. The van der Waals surface area contributed by atoms with Crippen LogP contribution in [-0.4, -0.2) is 46.0 Å². The summed E-state index contributed by atoms with van der Waals surface area (Å²) in [6, 6.07) is 7.92. The zero-order valence-corrected chi connectivity index (χ0v) is 16.0. The molecule has 3 unspecified atom stereocenters. The monoisotopic (exact) mass is 398 g/mol. The minimum atomic E-state index is -1.24. The summed E-state index contributed by atoms with van der Waals surface area (Å²) in [5, 5.41) is 12.2. The second-order valence-corrected chi connectivity index (χ2v) is 6.84. The third kappa shape index (κ3) is 4.13. The van der Waals surface area contributed by atoms with Crippen molar-refractivity contribution in [3.8, 4) is 5.75 Å². The van der Waals surface area contributed by atoms with E-state index in [1.807, 2.05) is 0 Å². The number of pyridine rings is 1. The van der Waals surface area contributed by atoms with Crippen molar-refractivity contribution in [3.63, 3.8) is 0 Å². The van der Waals surface area contributed by atoms with Gasteiger partial charge in [0.15, 0.2) is 6.04 Å². The maximum Gasteiger partial charge on any atom is 0.327 e. The Labute approximate surface area is 167 Å². The molecular weight excluding hydrogens is 376 g/mol. The fourth-order valence-electron chi connectivity index (χ4n) is 3.38. The zero-order chi connectivity index (χ0) is 21.1. The van der Waals surface area contributed by atoms with Gasteiger partial charge >= 0.3 is 12.0 Å². The molecule has 3 amide bonds. The van der Waals surface area contributed by atoms with E-state index in [0.717, 1.165) is 10.5 Å². The quantitative estimate of drug-likeness (QED) is 0.629. The number of hydrogen-bond donors (Lipinski definition) is 3. The van der Waals surface area contributed by atoms with E-state index in [2.05, 4.69) is 10.3 Å². The van der Waals surface area contributed by atoms with Crippen LogP contribution in [0.15, 0.2) is 42.6 Å². The van der Waals surface area contributed by atoms with Crippen LogP contribution in [0.5, 0.6) is 5.75 Å². The minimum Gasteiger partial charge on any atom is -0.497 e. The van der Waals surface area contributed by atoms with E-state index in [4.69, 9.17) is 10.5 Å². The van der Waals surface area contributed by atoms with E-state index >= 15 is 0 Å². The van der Waals surface area contributed by atoms with Crippen LogP contribution >= 0.6 is 0 Å². The fraction of sp³-hybridized carbons (Fsp3) is 0.300. The van der Waals surface area contributed by atoms with Crippen molar-refractivity contribution in [1.29, 1.82) is 0 Å². The van der Waals surface area contributed by atoms with Gasteiger partial charge in [-0.15, -0.1) is 0 Å². The molecule has 1 aliphatic heterocycles. The van der Waals surface area contributed by atoms with Crippen molar-refractivity contribution in [2.75, 3.05) is 12.8 Å². The summed E-state index contributed by atoms with van der Waals surface area (Å²) in [5.41, 5.74) is 7.09. The van der Waals surface area contributed by atoms with Crippen LogP contribution in [0, 0.1) is 5.92 Å². The molecule has 152 valence electrons.